The predicted molar refractivity (Wildman–Crippen MR) is 314 cm³/mol. The van der Waals surface area contributed by atoms with Gasteiger partial charge < -0.3 is 4.57 Å². The highest BCUT2D eigenvalue weighted by Crippen LogP contribution is 2.47. The quantitative estimate of drug-likeness (QED) is 0.160. The molecular formula is C71H44N4. The number of hydrogen-bond acceptors (Lipinski definition) is 3. The third-order valence-electron chi connectivity index (χ3n) is 15.2. The van der Waals surface area contributed by atoms with Crippen LogP contribution in [0.2, 0.25) is 0 Å². The van der Waals surface area contributed by atoms with Gasteiger partial charge >= 0.3 is 0 Å². The van der Waals surface area contributed by atoms with Crippen LogP contribution >= 0.6 is 0 Å². The van der Waals surface area contributed by atoms with Crippen LogP contribution in [0, 0.1) is 0 Å². The minimum absolute atomic E-state index is 0.594. The predicted octanol–water partition coefficient (Wildman–Crippen LogP) is 18.7. The lowest BCUT2D eigenvalue weighted by atomic mass is 9.89. The Morgan fingerprint density at radius 3 is 1.28 bits per heavy atom. The second-order valence-electron chi connectivity index (χ2n) is 19.5. The molecule has 0 bridgehead atoms. The van der Waals surface area contributed by atoms with Crippen LogP contribution in [0.5, 0.6) is 0 Å². The van der Waals surface area contributed by atoms with Gasteiger partial charge in [0.15, 0.2) is 17.5 Å². The topological polar surface area (TPSA) is 43.6 Å². The van der Waals surface area contributed by atoms with Crippen LogP contribution in [-0.4, -0.2) is 19.5 Å². The van der Waals surface area contributed by atoms with Gasteiger partial charge in [-0.05, 0) is 118 Å². The van der Waals surface area contributed by atoms with Crippen molar-refractivity contribution in [1.82, 2.24) is 19.5 Å². The highest BCUT2D eigenvalue weighted by Gasteiger charge is 2.25. The summed E-state index contributed by atoms with van der Waals surface area (Å²) in [7, 11) is 0. The Bertz CT molecular complexity index is 4650. The summed E-state index contributed by atoms with van der Waals surface area (Å²) in [5.74, 6) is 1.80. The van der Waals surface area contributed by atoms with E-state index < -0.39 is 0 Å². The smallest absolute Gasteiger partial charge is 0.164 e. The molecule has 2 aromatic heterocycles. The van der Waals surface area contributed by atoms with E-state index in [1.807, 2.05) is 0 Å². The molecule has 0 spiro atoms. The van der Waals surface area contributed by atoms with Crippen LogP contribution in [0.15, 0.2) is 267 Å². The summed E-state index contributed by atoms with van der Waals surface area (Å²) >= 11 is 0. The van der Waals surface area contributed by atoms with Crippen LogP contribution in [0.4, 0.5) is 0 Å². The molecule has 15 rings (SSSR count). The van der Waals surface area contributed by atoms with E-state index in [2.05, 4.69) is 271 Å². The summed E-state index contributed by atoms with van der Waals surface area (Å²) in [6.07, 6.45) is 0. The minimum Gasteiger partial charge on any atom is -0.309 e. The average molecular weight is 953 g/mol. The maximum atomic E-state index is 5.62. The summed E-state index contributed by atoms with van der Waals surface area (Å²) in [5, 5.41) is 13.9. The molecule has 0 atom stereocenters. The molecule has 2 heterocycles. The van der Waals surface area contributed by atoms with Crippen LogP contribution in [0.3, 0.4) is 0 Å². The average Bonchev–Trinajstić information content (AvgIpc) is 3.78. The zero-order valence-electron chi connectivity index (χ0n) is 40.7. The van der Waals surface area contributed by atoms with Gasteiger partial charge in [-0.15, -0.1) is 0 Å². The van der Waals surface area contributed by atoms with E-state index in [1.54, 1.807) is 0 Å². The van der Waals surface area contributed by atoms with Crippen LogP contribution in [0.1, 0.15) is 0 Å². The number of nitrogens with zero attached hydrogens (tertiary/aromatic N) is 4. The van der Waals surface area contributed by atoms with E-state index >= 15 is 0 Å². The largest absolute Gasteiger partial charge is 0.309 e. The van der Waals surface area contributed by atoms with Crippen molar-refractivity contribution in [3.8, 4) is 73.2 Å². The van der Waals surface area contributed by atoms with Crippen LogP contribution < -0.4 is 0 Å². The summed E-state index contributed by atoms with van der Waals surface area (Å²) in [6, 6.07) is 96.3. The Morgan fingerprint density at radius 2 is 0.653 bits per heavy atom. The van der Waals surface area contributed by atoms with Crippen molar-refractivity contribution in [3.05, 3.63) is 267 Å². The van der Waals surface area contributed by atoms with Crippen molar-refractivity contribution in [2.45, 2.75) is 0 Å². The maximum absolute atomic E-state index is 5.62. The van der Waals surface area contributed by atoms with Gasteiger partial charge in [0.25, 0.3) is 0 Å². The zero-order chi connectivity index (χ0) is 49.4. The Balaban J connectivity index is 1.06. The second kappa shape index (κ2) is 17.3. The fraction of sp³-hybridized carbons (Fsp3) is 0. The third kappa shape index (κ3) is 7.10. The summed E-state index contributed by atoms with van der Waals surface area (Å²) in [4.78, 5) is 16.6. The van der Waals surface area contributed by atoms with Crippen molar-refractivity contribution >= 4 is 75.7 Å². The van der Waals surface area contributed by atoms with Gasteiger partial charge in [0.1, 0.15) is 0 Å². The fourth-order valence-electron chi connectivity index (χ4n) is 11.6. The van der Waals surface area contributed by atoms with Crippen LogP contribution in [0.25, 0.3) is 149 Å². The molecule has 0 aliphatic heterocycles. The van der Waals surface area contributed by atoms with E-state index in [1.165, 1.54) is 43.1 Å². The molecule has 4 nitrogen and oxygen atoms in total. The maximum Gasteiger partial charge on any atom is 0.164 e. The van der Waals surface area contributed by atoms with Gasteiger partial charge in [-0.3, -0.25) is 0 Å². The summed E-state index contributed by atoms with van der Waals surface area (Å²) < 4.78 is 2.51. The van der Waals surface area contributed by atoms with Crippen LogP contribution in [-0.2, 0) is 0 Å². The van der Waals surface area contributed by atoms with Gasteiger partial charge in [-0.25, -0.2) is 15.0 Å². The molecule has 0 radical (unpaired) electrons. The molecule has 4 heteroatoms. The zero-order valence-corrected chi connectivity index (χ0v) is 40.7. The molecule has 13 aromatic carbocycles. The normalized spacial score (nSPS) is 11.7. The molecule has 0 amide bonds. The monoisotopic (exact) mass is 952 g/mol. The molecular weight excluding hydrogens is 909 g/mol. The highest BCUT2D eigenvalue weighted by atomic mass is 15.0. The minimum atomic E-state index is 0.594. The number of hydrogen-bond donors (Lipinski definition) is 0. The molecule has 0 aliphatic rings. The SMILES string of the molecule is c1ccc(-c2ccc(-c3nc(-c4ccc(-c5ccccc5)c5ccccc45)nc(-c4cc(-n5c6cc7ccccc7cc6c6cc7ccccc7cc65)c(-c5cccc6ccccc56)c5ccccc45)n3)cc2)cc1. The first kappa shape index (κ1) is 42.6. The van der Waals surface area contributed by atoms with E-state index in [-0.39, 0.29) is 0 Å². The van der Waals surface area contributed by atoms with Gasteiger partial charge in [-0.2, -0.15) is 0 Å². The van der Waals surface area contributed by atoms with Crippen molar-refractivity contribution in [2.75, 3.05) is 0 Å². The summed E-state index contributed by atoms with van der Waals surface area (Å²) in [5.41, 5.74) is 12.9. The van der Waals surface area contributed by atoms with Crippen molar-refractivity contribution in [1.29, 1.82) is 0 Å². The molecule has 75 heavy (non-hydrogen) atoms. The van der Waals surface area contributed by atoms with E-state index in [9.17, 15) is 0 Å². The first-order valence-corrected chi connectivity index (χ1v) is 25.6. The number of rotatable bonds is 7. The molecule has 0 saturated carbocycles. The molecule has 0 N–H and O–H groups in total. The molecule has 15 aromatic rings. The molecule has 0 unspecified atom stereocenters. The summed E-state index contributed by atoms with van der Waals surface area (Å²) in [6.45, 7) is 0. The molecule has 0 fully saturated rings. The lowest BCUT2D eigenvalue weighted by Gasteiger charge is -2.21. The van der Waals surface area contributed by atoms with E-state index in [4.69, 9.17) is 15.0 Å². The number of benzene rings is 13. The Morgan fingerprint density at radius 1 is 0.227 bits per heavy atom. The Labute approximate surface area is 433 Å². The highest BCUT2D eigenvalue weighted by molar-refractivity contribution is 6.19. The Hall–Kier alpha value is -10.0. The molecule has 0 saturated heterocycles. The lowest BCUT2D eigenvalue weighted by Crippen LogP contribution is -2.04. The Kier molecular flexibility index (Phi) is 9.85. The molecule has 0 aliphatic carbocycles. The van der Waals surface area contributed by atoms with Gasteiger partial charge in [0.05, 0.1) is 16.7 Å². The van der Waals surface area contributed by atoms with Gasteiger partial charge in [-0.1, -0.05) is 231 Å². The first-order chi connectivity index (χ1) is 37.2. The van der Waals surface area contributed by atoms with Crippen molar-refractivity contribution < 1.29 is 0 Å². The van der Waals surface area contributed by atoms with E-state index in [0.29, 0.717) is 17.5 Å². The molecule has 348 valence electrons. The van der Waals surface area contributed by atoms with E-state index in [0.717, 1.165) is 88.3 Å². The van der Waals surface area contributed by atoms with Gasteiger partial charge in [0.2, 0.25) is 0 Å². The fourth-order valence-corrected chi connectivity index (χ4v) is 11.6. The second-order valence-corrected chi connectivity index (χ2v) is 19.5. The first-order valence-electron chi connectivity index (χ1n) is 25.6. The van der Waals surface area contributed by atoms with Crippen molar-refractivity contribution in [3.63, 3.8) is 0 Å². The number of fused-ring (bicyclic) bond motifs is 8. The number of aromatic nitrogens is 4. The van der Waals surface area contributed by atoms with Gasteiger partial charge in [0, 0.05) is 33.0 Å². The third-order valence-corrected chi connectivity index (χ3v) is 15.2. The van der Waals surface area contributed by atoms with Crippen molar-refractivity contribution in [2.24, 2.45) is 0 Å². The standard InChI is InChI=1S/C71H44N4/c1-3-18-45(19-4-1)46-34-36-49(37-35-46)69-72-70(61-39-38-55(47-20-5-2-6-21-47)56-29-13-14-30-57(56)61)74-71(73-69)64-44-67(68(60-32-16-15-31-58(60)64)59-33-17-27-48-22-11-12-28-54(48)59)75-65-42-52-25-9-7-23-50(52)40-62(65)63-41-51-24-8-10-26-53(51)43-66(63)75/h1-44H. The lowest BCUT2D eigenvalue weighted by molar-refractivity contribution is 1.08.